The predicted octanol–water partition coefficient (Wildman–Crippen LogP) is 0.956. The molecule has 100 valence electrons. The van der Waals surface area contributed by atoms with Crippen LogP contribution in [0.2, 0.25) is 0 Å². The van der Waals surface area contributed by atoms with Crippen molar-refractivity contribution in [2.24, 2.45) is 5.73 Å². The Morgan fingerprint density at radius 1 is 1.32 bits per heavy atom. The second-order valence-corrected chi connectivity index (χ2v) is 4.17. The summed E-state index contributed by atoms with van der Waals surface area (Å²) in [6.45, 7) is 2.47. The minimum atomic E-state index is -0.625. The number of carbonyl (C=O) groups excluding carboxylic acids is 1. The van der Waals surface area contributed by atoms with Crippen molar-refractivity contribution >= 4 is 5.91 Å². The predicted molar refractivity (Wildman–Crippen MR) is 68.4 cm³/mol. The first-order chi connectivity index (χ1) is 9.02. The van der Waals surface area contributed by atoms with Crippen LogP contribution in [-0.2, 0) is 13.1 Å². The number of rotatable bonds is 4. The summed E-state index contributed by atoms with van der Waals surface area (Å²) in [4.78, 5) is 22.9. The maximum Gasteiger partial charge on any atom is 0.328 e. The molecule has 6 heteroatoms. The van der Waals surface area contributed by atoms with Gasteiger partial charge in [0, 0.05) is 30.1 Å². The Bertz CT molecular complexity index is 673. The first kappa shape index (κ1) is 13.1. The van der Waals surface area contributed by atoms with Gasteiger partial charge in [0.15, 0.2) is 0 Å². The standard InChI is InChI=1S/C13H14FN3O2/c1-2-16-5-6-17(13(16)19)8-10-7-9(12(15)18)3-4-11(10)14/h3-7H,2,8H2,1H3,(H2,15,18). The second-order valence-electron chi connectivity index (χ2n) is 4.17. The number of hydrogen-bond donors (Lipinski definition) is 1. The van der Waals surface area contributed by atoms with Gasteiger partial charge in [-0.25, -0.2) is 9.18 Å². The van der Waals surface area contributed by atoms with E-state index in [1.807, 2.05) is 6.92 Å². The molecule has 1 aromatic heterocycles. The van der Waals surface area contributed by atoms with E-state index in [0.29, 0.717) is 6.54 Å². The van der Waals surface area contributed by atoms with Crippen LogP contribution in [0.3, 0.4) is 0 Å². The van der Waals surface area contributed by atoms with E-state index in [4.69, 9.17) is 5.73 Å². The third kappa shape index (κ3) is 2.57. The fourth-order valence-corrected chi connectivity index (χ4v) is 1.85. The highest BCUT2D eigenvalue weighted by Gasteiger charge is 2.09. The molecule has 0 aliphatic rings. The highest BCUT2D eigenvalue weighted by molar-refractivity contribution is 5.92. The maximum atomic E-state index is 13.7. The summed E-state index contributed by atoms with van der Waals surface area (Å²) in [5.41, 5.74) is 5.41. The zero-order valence-corrected chi connectivity index (χ0v) is 10.5. The Labute approximate surface area is 109 Å². The molecule has 1 heterocycles. The lowest BCUT2D eigenvalue weighted by Gasteiger charge is -2.05. The summed E-state index contributed by atoms with van der Waals surface area (Å²) in [5, 5.41) is 0. The molecular weight excluding hydrogens is 249 g/mol. The molecular formula is C13H14FN3O2. The van der Waals surface area contributed by atoms with Crippen molar-refractivity contribution in [1.29, 1.82) is 0 Å². The highest BCUT2D eigenvalue weighted by atomic mass is 19.1. The largest absolute Gasteiger partial charge is 0.366 e. The SMILES string of the molecule is CCn1ccn(Cc2cc(C(N)=O)ccc2F)c1=O. The lowest BCUT2D eigenvalue weighted by atomic mass is 10.1. The Hall–Kier alpha value is -2.37. The zero-order chi connectivity index (χ0) is 14.0. The number of benzene rings is 1. The molecule has 1 aromatic carbocycles. The normalized spacial score (nSPS) is 10.6. The number of hydrogen-bond acceptors (Lipinski definition) is 2. The fourth-order valence-electron chi connectivity index (χ4n) is 1.85. The first-order valence-corrected chi connectivity index (χ1v) is 5.86. The Kier molecular flexibility index (Phi) is 3.50. The molecule has 19 heavy (non-hydrogen) atoms. The monoisotopic (exact) mass is 263 g/mol. The second kappa shape index (κ2) is 5.09. The van der Waals surface area contributed by atoms with Crippen LogP contribution in [0.15, 0.2) is 35.4 Å². The molecule has 0 aliphatic carbocycles. The molecule has 0 aliphatic heterocycles. The minimum Gasteiger partial charge on any atom is -0.366 e. The summed E-state index contributed by atoms with van der Waals surface area (Å²) in [6.07, 6.45) is 3.22. The topological polar surface area (TPSA) is 70.0 Å². The summed E-state index contributed by atoms with van der Waals surface area (Å²) >= 11 is 0. The van der Waals surface area contributed by atoms with E-state index in [1.165, 1.54) is 27.3 Å². The van der Waals surface area contributed by atoms with Crippen molar-refractivity contribution in [2.75, 3.05) is 0 Å². The molecule has 0 saturated carbocycles. The van der Waals surface area contributed by atoms with Crippen LogP contribution < -0.4 is 11.4 Å². The molecule has 0 radical (unpaired) electrons. The molecule has 2 aromatic rings. The summed E-state index contributed by atoms with van der Waals surface area (Å²) in [5.74, 6) is -1.10. The number of primary amides is 1. The van der Waals surface area contributed by atoms with Crippen molar-refractivity contribution in [3.63, 3.8) is 0 Å². The number of amides is 1. The van der Waals surface area contributed by atoms with Gasteiger partial charge < -0.3 is 5.73 Å². The first-order valence-electron chi connectivity index (χ1n) is 5.86. The van der Waals surface area contributed by atoms with Gasteiger partial charge in [0.2, 0.25) is 5.91 Å². The summed E-state index contributed by atoms with van der Waals surface area (Å²) < 4.78 is 16.6. The highest BCUT2D eigenvalue weighted by Crippen LogP contribution is 2.11. The average molecular weight is 263 g/mol. The number of halogens is 1. The van der Waals surface area contributed by atoms with Crippen molar-refractivity contribution in [1.82, 2.24) is 9.13 Å². The van der Waals surface area contributed by atoms with Crippen LogP contribution in [0.5, 0.6) is 0 Å². The van der Waals surface area contributed by atoms with Crippen molar-refractivity contribution in [3.05, 3.63) is 58.0 Å². The van der Waals surface area contributed by atoms with Gasteiger partial charge in [-0.1, -0.05) is 0 Å². The van der Waals surface area contributed by atoms with Gasteiger partial charge in [0.05, 0.1) is 6.54 Å². The summed E-state index contributed by atoms with van der Waals surface area (Å²) in [6, 6.07) is 3.87. The summed E-state index contributed by atoms with van der Waals surface area (Å²) in [7, 11) is 0. The van der Waals surface area contributed by atoms with Gasteiger partial charge in [-0.15, -0.1) is 0 Å². The van der Waals surface area contributed by atoms with Crippen molar-refractivity contribution in [2.45, 2.75) is 20.0 Å². The Balaban J connectivity index is 2.37. The molecule has 0 atom stereocenters. The van der Waals surface area contributed by atoms with Crippen LogP contribution in [0, 0.1) is 5.82 Å². The van der Waals surface area contributed by atoms with Crippen molar-refractivity contribution in [3.8, 4) is 0 Å². The molecule has 0 unspecified atom stereocenters. The Morgan fingerprint density at radius 3 is 2.58 bits per heavy atom. The number of imidazole rings is 1. The molecule has 0 bridgehead atoms. The molecule has 0 saturated heterocycles. The molecule has 0 fully saturated rings. The van der Waals surface area contributed by atoms with E-state index in [-0.39, 0.29) is 23.4 Å². The average Bonchev–Trinajstić information content (AvgIpc) is 2.73. The lowest BCUT2D eigenvalue weighted by molar-refractivity contribution is 0.1000. The number of aryl methyl sites for hydroxylation is 1. The van der Waals surface area contributed by atoms with Crippen LogP contribution in [-0.4, -0.2) is 15.0 Å². The van der Waals surface area contributed by atoms with Crippen LogP contribution in [0.1, 0.15) is 22.8 Å². The lowest BCUT2D eigenvalue weighted by Crippen LogP contribution is -2.24. The van der Waals surface area contributed by atoms with Gasteiger partial charge in [0.1, 0.15) is 5.82 Å². The molecule has 1 amide bonds. The van der Waals surface area contributed by atoms with E-state index in [9.17, 15) is 14.0 Å². The third-order valence-corrected chi connectivity index (χ3v) is 2.93. The van der Waals surface area contributed by atoms with Gasteiger partial charge in [0.25, 0.3) is 0 Å². The maximum absolute atomic E-state index is 13.7. The van der Waals surface area contributed by atoms with E-state index in [1.54, 1.807) is 12.4 Å². The molecule has 5 nitrogen and oxygen atoms in total. The van der Waals surface area contributed by atoms with Gasteiger partial charge in [-0.2, -0.15) is 0 Å². The Morgan fingerprint density at radius 2 is 2.00 bits per heavy atom. The van der Waals surface area contributed by atoms with Crippen LogP contribution in [0.25, 0.3) is 0 Å². The molecule has 0 spiro atoms. The van der Waals surface area contributed by atoms with E-state index < -0.39 is 11.7 Å². The number of aromatic nitrogens is 2. The molecule has 2 N–H and O–H groups in total. The van der Waals surface area contributed by atoms with Crippen LogP contribution in [0.4, 0.5) is 4.39 Å². The van der Waals surface area contributed by atoms with Gasteiger partial charge >= 0.3 is 5.69 Å². The van der Waals surface area contributed by atoms with Crippen molar-refractivity contribution < 1.29 is 9.18 Å². The quantitative estimate of drug-likeness (QED) is 0.892. The molecule has 2 rings (SSSR count). The smallest absolute Gasteiger partial charge is 0.328 e. The fraction of sp³-hybridized carbons (Fsp3) is 0.231. The van der Waals surface area contributed by atoms with Gasteiger partial charge in [-0.05, 0) is 25.1 Å². The van der Waals surface area contributed by atoms with E-state index >= 15 is 0 Å². The van der Waals surface area contributed by atoms with Crippen LogP contribution >= 0.6 is 0 Å². The number of nitrogens with zero attached hydrogens (tertiary/aromatic N) is 2. The number of nitrogens with two attached hydrogens (primary N) is 1. The van der Waals surface area contributed by atoms with Gasteiger partial charge in [-0.3, -0.25) is 13.9 Å². The van der Waals surface area contributed by atoms with E-state index in [0.717, 1.165) is 0 Å². The number of carbonyl (C=O) groups is 1. The minimum absolute atomic E-state index is 0.0682. The van der Waals surface area contributed by atoms with E-state index in [2.05, 4.69) is 0 Å². The zero-order valence-electron chi connectivity index (χ0n) is 10.5. The third-order valence-electron chi connectivity index (χ3n) is 2.93.